The van der Waals surface area contributed by atoms with E-state index in [2.05, 4.69) is 26.4 Å². The van der Waals surface area contributed by atoms with Crippen molar-refractivity contribution in [2.75, 3.05) is 44.3 Å². The molecule has 2 aliphatic rings. The van der Waals surface area contributed by atoms with Crippen LogP contribution in [0.4, 0.5) is 10.6 Å². The first-order valence-electron chi connectivity index (χ1n) is 16.2. The van der Waals surface area contributed by atoms with Crippen LogP contribution in [0.3, 0.4) is 0 Å². The van der Waals surface area contributed by atoms with Crippen molar-refractivity contribution in [3.8, 4) is 22.9 Å². The van der Waals surface area contributed by atoms with Gasteiger partial charge in [-0.1, -0.05) is 11.6 Å². The molecule has 256 valence electrons. The number of amides is 2. The molecule has 2 aliphatic heterocycles. The van der Waals surface area contributed by atoms with Gasteiger partial charge in [0.05, 0.1) is 41.6 Å². The maximum absolute atomic E-state index is 12.9. The van der Waals surface area contributed by atoms with E-state index in [-0.39, 0.29) is 30.4 Å². The molecule has 6 heterocycles. The molecule has 0 saturated carbocycles. The number of nitrogens with one attached hydrogen (secondary N) is 1. The number of carbonyl (C=O) groups excluding carboxylic acids is 2. The highest BCUT2D eigenvalue weighted by molar-refractivity contribution is 6.33. The zero-order valence-corrected chi connectivity index (χ0v) is 28.7. The SMILES string of the molecule is CC1(NC(=O)c2ncccc2Cl)CCN(c2ccc(-c3cc(OC[C@H]4CN(C(=O)OC(C)(C)C)CCO4)cn4ncc(C#N)c34)cn2)CC1. The van der Waals surface area contributed by atoms with Crippen LogP contribution in [0.25, 0.3) is 16.6 Å². The van der Waals surface area contributed by atoms with Gasteiger partial charge >= 0.3 is 6.09 Å². The Hall–Kier alpha value is -4.93. The molecule has 13 nitrogen and oxygen atoms in total. The summed E-state index contributed by atoms with van der Waals surface area (Å²) >= 11 is 6.18. The maximum Gasteiger partial charge on any atom is 0.410 e. The van der Waals surface area contributed by atoms with Crippen LogP contribution in [0.15, 0.2) is 55.1 Å². The van der Waals surface area contributed by atoms with E-state index in [0.29, 0.717) is 67.5 Å². The number of hydrogen-bond donors (Lipinski definition) is 1. The number of aromatic nitrogens is 4. The Morgan fingerprint density at radius 2 is 1.96 bits per heavy atom. The zero-order valence-electron chi connectivity index (χ0n) is 28.0. The highest BCUT2D eigenvalue weighted by Crippen LogP contribution is 2.33. The Bertz CT molecular complexity index is 1880. The van der Waals surface area contributed by atoms with Gasteiger partial charge in [-0.3, -0.25) is 4.79 Å². The van der Waals surface area contributed by atoms with Crippen molar-refractivity contribution in [1.29, 1.82) is 5.26 Å². The van der Waals surface area contributed by atoms with Crippen molar-refractivity contribution in [2.24, 2.45) is 0 Å². The summed E-state index contributed by atoms with van der Waals surface area (Å²) < 4.78 is 19.2. The standard InChI is InChI=1S/C35H39ClN8O5/c1-34(2,3)49-33(46)43-14-15-47-26(20-43)22-48-25-16-27(31-24(17-37)19-40-44(31)21-25)23-7-8-29(39-18-23)42-12-9-35(4,10-13-42)41-32(45)30-28(36)6-5-11-38-30/h5-8,11,16,18-19,21,26H,9-10,12-15,20,22H2,1-4H3,(H,41,45)/t26-/m1/s1. The highest BCUT2D eigenvalue weighted by Gasteiger charge is 2.33. The molecule has 4 aromatic rings. The lowest BCUT2D eigenvalue weighted by Crippen LogP contribution is -2.53. The number of nitriles is 1. The summed E-state index contributed by atoms with van der Waals surface area (Å²) in [7, 11) is 0. The summed E-state index contributed by atoms with van der Waals surface area (Å²) in [6, 6.07) is 11.4. The van der Waals surface area contributed by atoms with Crippen LogP contribution in [0.1, 0.15) is 56.6 Å². The molecule has 0 radical (unpaired) electrons. The van der Waals surface area contributed by atoms with Gasteiger partial charge < -0.3 is 29.3 Å². The second-order valence-electron chi connectivity index (χ2n) is 13.5. The lowest BCUT2D eigenvalue weighted by molar-refractivity contribution is -0.0557. The molecule has 14 heteroatoms. The largest absolute Gasteiger partial charge is 0.489 e. The molecule has 49 heavy (non-hydrogen) atoms. The van der Waals surface area contributed by atoms with Gasteiger partial charge in [-0.05, 0) is 70.9 Å². The summed E-state index contributed by atoms with van der Waals surface area (Å²) in [6.07, 6.45) is 7.30. The average molecular weight is 687 g/mol. The lowest BCUT2D eigenvalue weighted by Gasteiger charge is -2.40. The third-order valence-corrected chi connectivity index (χ3v) is 8.88. The lowest BCUT2D eigenvalue weighted by atomic mass is 9.89. The summed E-state index contributed by atoms with van der Waals surface area (Å²) in [5.41, 5.74) is 1.84. The van der Waals surface area contributed by atoms with Crippen LogP contribution in [-0.2, 0) is 9.47 Å². The van der Waals surface area contributed by atoms with Crippen molar-refractivity contribution in [3.63, 3.8) is 0 Å². The number of anilines is 1. The van der Waals surface area contributed by atoms with E-state index < -0.39 is 11.1 Å². The Labute approximate surface area is 289 Å². The number of rotatable bonds is 7. The number of nitrogens with zero attached hydrogens (tertiary/aromatic N) is 7. The third-order valence-electron chi connectivity index (χ3n) is 8.57. The predicted molar refractivity (Wildman–Crippen MR) is 183 cm³/mol. The van der Waals surface area contributed by atoms with Crippen LogP contribution >= 0.6 is 11.6 Å². The van der Waals surface area contributed by atoms with Crippen LogP contribution < -0.4 is 15.0 Å². The van der Waals surface area contributed by atoms with E-state index in [1.54, 1.807) is 40.1 Å². The van der Waals surface area contributed by atoms with E-state index in [0.717, 1.165) is 16.9 Å². The minimum atomic E-state index is -0.586. The molecule has 1 atom stereocenters. The first-order chi connectivity index (χ1) is 23.4. The van der Waals surface area contributed by atoms with Crippen LogP contribution in [0, 0.1) is 11.3 Å². The van der Waals surface area contributed by atoms with Gasteiger partial charge in [0.15, 0.2) is 0 Å². The molecular formula is C35H39ClN8O5. The highest BCUT2D eigenvalue weighted by atomic mass is 35.5. The molecule has 0 unspecified atom stereocenters. The smallest absolute Gasteiger partial charge is 0.410 e. The number of halogens is 1. The Balaban J connectivity index is 1.13. The number of fused-ring (bicyclic) bond motifs is 1. The molecule has 0 spiro atoms. The third kappa shape index (κ3) is 7.87. The second-order valence-corrected chi connectivity index (χ2v) is 13.9. The fourth-order valence-electron chi connectivity index (χ4n) is 5.95. The maximum atomic E-state index is 12.9. The number of pyridine rings is 3. The van der Waals surface area contributed by atoms with Gasteiger partial charge in [0.2, 0.25) is 0 Å². The molecule has 2 amide bonds. The number of hydrogen-bond acceptors (Lipinski definition) is 10. The van der Waals surface area contributed by atoms with Gasteiger partial charge in [-0.2, -0.15) is 10.4 Å². The number of morpholine rings is 1. The molecule has 0 aliphatic carbocycles. The normalized spacial score (nSPS) is 17.8. The fraction of sp³-hybridized carbons (Fsp3) is 0.429. The van der Waals surface area contributed by atoms with Crippen molar-refractivity contribution < 1.29 is 23.8 Å². The quantitative estimate of drug-likeness (QED) is 0.278. The number of ether oxygens (including phenoxy) is 3. The Morgan fingerprint density at radius 3 is 2.65 bits per heavy atom. The van der Waals surface area contributed by atoms with Gasteiger partial charge in [0.1, 0.15) is 41.6 Å². The minimum absolute atomic E-state index is 0.205. The van der Waals surface area contributed by atoms with Crippen LogP contribution in [0.2, 0.25) is 5.02 Å². The first-order valence-corrected chi connectivity index (χ1v) is 16.6. The average Bonchev–Trinajstić information content (AvgIpc) is 3.50. The van der Waals surface area contributed by atoms with E-state index in [9.17, 15) is 14.9 Å². The van der Waals surface area contributed by atoms with Gasteiger partial charge in [-0.15, -0.1) is 0 Å². The van der Waals surface area contributed by atoms with E-state index >= 15 is 0 Å². The van der Waals surface area contributed by atoms with Crippen LogP contribution in [-0.4, -0.2) is 93.1 Å². The molecular weight excluding hydrogens is 648 g/mol. The molecule has 4 aromatic heterocycles. The molecule has 0 aromatic carbocycles. The monoisotopic (exact) mass is 686 g/mol. The van der Waals surface area contributed by atoms with Crippen molar-refractivity contribution in [1.82, 2.24) is 29.8 Å². The second kappa shape index (κ2) is 13.9. The summed E-state index contributed by atoms with van der Waals surface area (Å²) in [4.78, 5) is 38.2. The predicted octanol–water partition coefficient (Wildman–Crippen LogP) is 5.12. The molecule has 6 rings (SSSR count). The van der Waals surface area contributed by atoms with Gasteiger partial charge in [-0.25, -0.2) is 19.3 Å². The van der Waals surface area contributed by atoms with Crippen molar-refractivity contribution in [3.05, 3.63) is 71.4 Å². The number of piperidine rings is 1. The van der Waals surface area contributed by atoms with Crippen molar-refractivity contribution >= 4 is 34.9 Å². The molecule has 2 fully saturated rings. The first kappa shape index (κ1) is 34.0. The van der Waals surface area contributed by atoms with Gasteiger partial charge in [0, 0.05) is 48.7 Å². The Morgan fingerprint density at radius 1 is 1.16 bits per heavy atom. The molecule has 1 N–H and O–H groups in total. The summed E-state index contributed by atoms with van der Waals surface area (Å²) in [5.74, 6) is 1.06. The Kier molecular flexibility index (Phi) is 9.63. The fourth-order valence-corrected chi connectivity index (χ4v) is 6.16. The molecule has 0 bridgehead atoms. The van der Waals surface area contributed by atoms with E-state index in [4.69, 9.17) is 30.8 Å². The summed E-state index contributed by atoms with van der Waals surface area (Å²) in [5, 5.41) is 17.7. The van der Waals surface area contributed by atoms with E-state index in [1.165, 1.54) is 6.20 Å². The minimum Gasteiger partial charge on any atom is -0.489 e. The van der Waals surface area contributed by atoms with Gasteiger partial charge in [0.25, 0.3) is 5.91 Å². The summed E-state index contributed by atoms with van der Waals surface area (Å²) in [6.45, 7) is 10.3. The van der Waals surface area contributed by atoms with Crippen LogP contribution in [0.5, 0.6) is 5.75 Å². The zero-order chi connectivity index (χ0) is 34.8. The van der Waals surface area contributed by atoms with Crippen molar-refractivity contribution in [2.45, 2.75) is 57.8 Å². The number of carbonyl (C=O) groups is 2. The molecule has 2 saturated heterocycles. The topological polar surface area (TPSA) is 147 Å². The van der Waals surface area contributed by atoms with E-state index in [1.807, 2.05) is 45.9 Å².